The summed E-state index contributed by atoms with van der Waals surface area (Å²) in [5, 5.41) is 2.56. The standard InChI is InChI=1S/C30H33N5O3/c1-20(2)22-6-4-21(5-7-22)19-38-25-10-8-23(9-11-25)27(28(31)24-12-14-33-15-13-24)29-30(37)35(17-16-34-29)18-26(36)32-3/h4-15,20H,16-19,31H2,1-3H3,(H,32,36). The summed E-state index contributed by atoms with van der Waals surface area (Å²) in [6, 6.07) is 19.4. The average Bonchev–Trinajstić information content (AvgIpc) is 2.95. The largest absolute Gasteiger partial charge is 0.489 e. The van der Waals surface area contributed by atoms with Gasteiger partial charge in [-0.1, -0.05) is 50.2 Å². The van der Waals surface area contributed by atoms with Crippen LogP contribution in [0.4, 0.5) is 0 Å². The summed E-state index contributed by atoms with van der Waals surface area (Å²) in [6.07, 6.45) is 3.29. The molecule has 2 heterocycles. The van der Waals surface area contributed by atoms with Gasteiger partial charge < -0.3 is 20.7 Å². The van der Waals surface area contributed by atoms with Crippen LogP contribution in [0, 0.1) is 0 Å². The number of carbonyl (C=O) groups is 2. The Morgan fingerprint density at radius 1 is 1.03 bits per heavy atom. The second kappa shape index (κ2) is 12.2. The lowest BCUT2D eigenvalue weighted by Crippen LogP contribution is -2.47. The molecule has 38 heavy (non-hydrogen) atoms. The molecule has 1 aliphatic rings. The van der Waals surface area contributed by atoms with E-state index >= 15 is 0 Å². The Hall–Kier alpha value is -4.46. The number of aliphatic imine (C=N–C) groups is 1. The normalized spacial score (nSPS) is 14.2. The van der Waals surface area contributed by atoms with Gasteiger partial charge in [0.05, 0.1) is 13.1 Å². The highest BCUT2D eigenvalue weighted by atomic mass is 16.5. The molecule has 3 N–H and O–H groups in total. The molecular weight excluding hydrogens is 478 g/mol. The van der Waals surface area contributed by atoms with E-state index in [0.29, 0.717) is 42.6 Å². The summed E-state index contributed by atoms with van der Waals surface area (Å²) in [5.74, 6) is 0.599. The first-order valence-corrected chi connectivity index (χ1v) is 12.6. The third-order valence-electron chi connectivity index (χ3n) is 6.44. The molecule has 1 aromatic heterocycles. The molecular formula is C30H33N5O3. The number of pyridine rings is 1. The number of likely N-dealkylation sites (N-methyl/N-ethyl adjacent to an activating group) is 1. The third kappa shape index (κ3) is 6.26. The van der Waals surface area contributed by atoms with E-state index in [9.17, 15) is 9.59 Å². The van der Waals surface area contributed by atoms with E-state index in [4.69, 9.17) is 10.5 Å². The molecule has 3 aromatic rings. The number of benzene rings is 2. The number of hydrogen-bond donors (Lipinski definition) is 2. The molecule has 4 rings (SSSR count). The van der Waals surface area contributed by atoms with Crippen molar-refractivity contribution in [2.24, 2.45) is 10.7 Å². The monoisotopic (exact) mass is 511 g/mol. The van der Waals surface area contributed by atoms with Gasteiger partial charge in [-0.15, -0.1) is 0 Å². The summed E-state index contributed by atoms with van der Waals surface area (Å²) in [5.41, 5.74) is 11.6. The molecule has 2 aromatic carbocycles. The maximum absolute atomic E-state index is 13.4. The summed E-state index contributed by atoms with van der Waals surface area (Å²) >= 11 is 0. The highest BCUT2D eigenvalue weighted by Gasteiger charge is 2.30. The first-order chi connectivity index (χ1) is 18.4. The fourth-order valence-corrected chi connectivity index (χ4v) is 4.17. The van der Waals surface area contributed by atoms with Gasteiger partial charge in [-0.05, 0) is 46.9 Å². The first kappa shape index (κ1) is 26.6. The van der Waals surface area contributed by atoms with Crippen LogP contribution in [0.15, 0.2) is 78.0 Å². The molecule has 0 bridgehead atoms. The number of aromatic nitrogens is 1. The molecule has 0 saturated heterocycles. The van der Waals surface area contributed by atoms with Crippen molar-refractivity contribution in [3.63, 3.8) is 0 Å². The summed E-state index contributed by atoms with van der Waals surface area (Å²) in [7, 11) is 1.54. The number of carbonyl (C=O) groups excluding carboxylic acids is 2. The lowest BCUT2D eigenvalue weighted by Gasteiger charge is -2.27. The molecule has 0 aliphatic carbocycles. The van der Waals surface area contributed by atoms with Crippen LogP contribution in [-0.2, 0) is 16.2 Å². The number of ether oxygens (including phenoxy) is 1. The quantitative estimate of drug-likeness (QED) is 0.456. The summed E-state index contributed by atoms with van der Waals surface area (Å²) in [4.78, 5) is 35.5. The van der Waals surface area contributed by atoms with Crippen LogP contribution in [0.3, 0.4) is 0 Å². The van der Waals surface area contributed by atoms with Gasteiger partial charge in [0.2, 0.25) is 5.91 Å². The molecule has 0 unspecified atom stereocenters. The molecule has 0 spiro atoms. The zero-order valence-electron chi connectivity index (χ0n) is 22.0. The van der Waals surface area contributed by atoms with E-state index in [1.54, 1.807) is 31.6 Å². The van der Waals surface area contributed by atoms with E-state index in [-0.39, 0.29) is 24.1 Å². The number of hydrogen-bond acceptors (Lipinski definition) is 6. The zero-order chi connectivity index (χ0) is 27.1. The minimum Gasteiger partial charge on any atom is -0.489 e. The van der Waals surface area contributed by atoms with Crippen molar-refractivity contribution in [2.75, 3.05) is 26.7 Å². The van der Waals surface area contributed by atoms with Gasteiger partial charge in [0.1, 0.15) is 18.1 Å². The Labute approximate surface area is 223 Å². The number of nitrogens with one attached hydrogen (secondary N) is 1. The van der Waals surface area contributed by atoms with E-state index in [1.165, 1.54) is 10.5 Å². The maximum Gasteiger partial charge on any atom is 0.273 e. The van der Waals surface area contributed by atoms with Crippen molar-refractivity contribution in [1.82, 2.24) is 15.2 Å². The molecule has 1 aliphatic heterocycles. The lowest BCUT2D eigenvalue weighted by molar-refractivity contribution is -0.131. The Morgan fingerprint density at radius 2 is 1.71 bits per heavy atom. The van der Waals surface area contributed by atoms with Crippen LogP contribution in [0.2, 0.25) is 0 Å². The number of rotatable bonds is 9. The SMILES string of the molecule is CNC(=O)CN1CCN=C(C(=C(N)c2ccncc2)c2ccc(OCc3ccc(C(C)C)cc3)cc2)C1=O. The van der Waals surface area contributed by atoms with Crippen LogP contribution in [0.25, 0.3) is 11.3 Å². The highest BCUT2D eigenvalue weighted by molar-refractivity contribution is 6.58. The Kier molecular flexibility index (Phi) is 8.53. The topological polar surface area (TPSA) is 110 Å². The number of nitrogens with zero attached hydrogens (tertiary/aromatic N) is 3. The Balaban J connectivity index is 1.61. The van der Waals surface area contributed by atoms with Crippen molar-refractivity contribution in [3.8, 4) is 5.75 Å². The fourth-order valence-electron chi connectivity index (χ4n) is 4.17. The molecule has 8 heteroatoms. The molecule has 0 fully saturated rings. The van der Waals surface area contributed by atoms with E-state index in [2.05, 4.69) is 53.4 Å². The maximum atomic E-state index is 13.4. The molecule has 196 valence electrons. The molecule has 0 saturated carbocycles. The highest BCUT2D eigenvalue weighted by Crippen LogP contribution is 2.28. The predicted octanol–water partition coefficient (Wildman–Crippen LogP) is 3.64. The van der Waals surface area contributed by atoms with Gasteiger partial charge in [0.25, 0.3) is 5.91 Å². The Morgan fingerprint density at radius 3 is 2.34 bits per heavy atom. The Bertz CT molecular complexity index is 1330. The van der Waals surface area contributed by atoms with Gasteiger partial charge in [-0.2, -0.15) is 0 Å². The molecule has 8 nitrogen and oxygen atoms in total. The number of nitrogens with two attached hydrogens (primary N) is 1. The van der Waals surface area contributed by atoms with E-state index < -0.39 is 0 Å². The lowest BCUT2D eigenvalue weighted by atomic mass is 9.94. The van der Waals surface area contributed by atoms with Crippen LogP contribution >= 0.6 is 0 Å². The van der Waals surface area contributed by atoms with Crippen molar-refractivity contribution in [3.05, 3.63) is 95.3 Å². The van der Waals surface area contributed by atoms with Crippen molar-refractivity contribution in [2.45, 2.75) is 26.4 Å². The minimum atomic E-state index is -0.336. The predicted molar refractivity (Wildman–Crippen MR) is 149 cm³/mol. The van der Waals surface area contributed by atoms with Gasteiger partial charge in [-0.3, -0.25) is 19.6 Å². The number of amides is 2. The van der Waals surface area contributed by atoms with Crippen LogP contribution in [-0.4, -0.2) is 54.1 Å². The van der Waals surface area contributed by atoms with Gasteiger partial charge in [-0.25, -0.2) is 0 Å². The average molecular weight is 512 g/mol. The van der Waals surface area contributed by atoms with Gasteiger partial charge in [0, 0.05) is 42.8 Å². The fraction of sp³-hybridized carbons (Fsp3) is 0.267. The second-order valence-corrected chi connectivity index (χ2v) is 9.36. The van der Waals surface area contributed by atoms with Crippen molar-refractivity contribution in [1.29, 1.82) is 0 Å². The van der Waals surface area contributed by atoms with Gasteiger partial charge >= 0.3 is 0 Å². The minimum absolute atomic E-state index is 0.0400. The van der Waals surface area contributed by atoms with Crippen LogP contribution in [0.1, 0.15) is 42.0 Å². The smallest absolute Gasteiger partial charge is 0.273 e. The summed E-state index contributed by atoms with van der Waals surface area (Å²) in [6.45, 7) is 5.48. The summed E-state index contributed by atoms with van der Waals surface area (Å²) < 4.78 is 6.01. The van der Waals surface area contributed by atoms with Crippen molar-refractivity contribution >= 4 is 28.8 Å². The molecule has 2 amide bonds. The van der Waals surface area contributed by atoms with E-state index in [1.807, 2.05) is 24.3 Å². The van der Waals surface area contributed by atoms with E-state index in [0.717, 1.165) is 16.7 Å². The first-order valence-electron chi connectivity index (χ1n) is 12.6. The van der Waals surface area contributed by atoms with Crippen molar-refractivity contribution < 1.29 is 14.3 Å². The molecule has 0 atom stereocenters. The third-order valence-corrected chi connectivity index (χ3v) is 6.44. The van der Waals surface area contributed by atoms with Crippen LogP contribution < -0.4 is 15.8 Å². The van der Waals surface area contributed by atoms with Gasteiger partial charge in [0.15, 0.2) is 0 Å². The second-order valence-electron chi connectivity index (χ2n) is 9.36. The molecule has 0 radical (unpaired) electrons. The van der Waals surface area contributed by atoms with Crippen LogP contribution in [0.5, 0.6) is 5.75 Å². The zero-order valence-corrected chi connectivity index (χ0v) is 22.0.